The van der Waals surface area contributed by atoms with E-state index in [0.717, 1.165) is 95.7 Å². The maximum Gasteiger partial charge on any atom is 0.305 e. The van der Waals surface area contributed by atoms with Crippen molar-refractivity contribution in [2.24, 2.45) is 23.7 Å². The highest BCUT2D eigenvalue weighted by Gasteiger charge is 2.33. The summed E-state index contributed by atoms with van der Waals surface area (Å²) >= 11 is 0. The molecule has 16 heteroatoms. The predicted octanol–water partition coefficient (Wildman–Crippen LogP) is 12.9. The average molecular weight is 1220 g/mol. The molecule has 86 heavy (non-hydrogen) atoms. The third kappa shape index (κ3) is 42.0. The van der Waals surface area contributed by atoms with Crippen LogP contribution in [0, 0.1) is 23.7 Å². The molecule has 6 N–H and O–H groups in total. The monoisotopic (exact) mass is 1220 g/mol. The molecule has 1 heterocycles. The maximum absolute atomic E-state index is 13.4. The lowest BCUT2D eigenvalue weighted by molar-refractivity contribution is -0.146. The summed E-state index contributed by atoms with van der Waals surface area (Å²) in [6, 6.07) is -1.35. The normalized spacial score (nSPS) is 17.3. The van der Waals surface area contributed by atoms with Crippen molar-refractivity contribution in [2.75, 3.05) is 59.1 Å². The molecule has 16 nitrogen and oxygen atoms in total. The van der Waals surface area contributed by atoms with Gasteiger partial charge in [-0.15, -0.1) is 0 Å². The van der Waals surface area contributed by atoms with Gasteiger partial charge >= 0.3 is 11.9 Å². The largest absolute Gasteiger partial charge is 0.498 e. The van der Waals surface area contributed by atoms with E-state index < -0.39 is 36.5 Å². The molecular formula is C70H132N4O12. The van der Waals surface area contributed by atoms with E-state index in [9.17, 15) is 44.4 Å². The number of hydrogen-bond donors (Lipinski definition) is 6. The van der Waals surface area contributed by atoms with Crippen molar-refractivity contribution in [1.29, 1.82) is 0 Å². The fraction of sp³-hybridized carbons (Fsp3) is 0.900. The van der Waals surface area contributed by atoms with Gasteiger partial charge in [0, 0.05) is 58.3 Å². The molecule has 0 aromatic heterocycles. The maximum atomic E-state index is 13.4. The predicted molar refractivity (Wildman–Crippen MR) is 348 cm³/mol. The quantitative estimate of drug-likeness (QED) is 0.0189. The highest BCUT2D eigenvalue weighted by Crippen LogP contribution is 2.22. The molecule has 1 saturated heterocycles. The topological polar surface area (TPSA) is 224 Å². The van der Waals surface area contributed by atoms with Gasteiger partial charge in [0.1, 0.15) is 17.9 Å². The fourth-order valence-electron chi connectivity index (χ4n) is 11.7. The third-order valence-electron chi connectivity index (χ3n) is 17.9. The molecule has 504 valence electrons. The Bertz CT molecular complexity index is 1530. The molecule has 1 rings (SSSR count). The van der Waals surface area contributed by atoms with Gasteiger partial charge in [-0.1, -0.05) is 145 Å². The highest BCUT2D eigenvalue weighted by molar-refractivity contribution is 5.96. The van der Waals surface area contributed by atoms with E-state index in [4.69, 9.17) is 14.2 Å². The first-order chi connectivity index (χ1) is 41.4. The molecular weight excluding hydrogens is 1090 g/mol. The number of carbonyl (C=O) groups is 5. The number of amides is 2. The summed E-state index contributed by atoms with van der Waals surface area (Å²) in [5.41, 5.74) is 0. The van der Waals surface area contributed by atoms with Crippen LogP contribution in [-0.2, 0) is 38.2 Å². The summed E-state index contributed by atoms with van der Waals surface area (Å²) < 4.78 is 17.2. The number of ketones is 1. The number of allylic oxidation sites excluding steroid dienone is 1. The molecule has 1 aliphatic heterocycles. The molecule has 10 atom stereocenters. The Morgan fingerprint density at radius 3 is 1.12 bits per heavy atom. The number of aliphatic hydroxyl groups excluding tert-OH is 4. The number of piperazine rings is 1. The first-order valence-corrected chi connectivity index (χ1v) is 35.3. The Hall–Kier alpha value is -3.15. The van der Waals surface area contributed by atoms with Crippen LogP contribution < -0.4 is 10.6 Å². The van der Waals surface area contributed by atoms with Crippen LogP contribution >= 0.6 is 0 Å². The summed E-state index contributed by atoms with van der Waals surface area (Å²) in [5, 5.41) is 50.7. The van der Waals surface area contributed by atoms with Gasteiger partial charge in [-0.05, 0) is 152 Å². The van der Waals surface area contributed by atoms with Crippen molar-refractivity contribution in [3.05, 3.63) is 12.3 Å². The standard InChI is InChI=1S/C70H132N4O12/c1-10-18-31-56(14-5)44-45-60(75)35-27-37-62(77)49-73(48-61(76)36-26-30-55(9)84-52-57(15-6)32-19-11-2)46-24-22-40-65-69(82)72-66(70(83)71-65)41-23-25-47-74(50-63(78)38-28-42-67(80)85-53-58(16-7)33-20-12-3)51-64(79)39-29-43-68(81)86-54-59(17-8)34-21-13-4/h56-59,61-66,76-79H,9-54H2,1-8H3,(H,71,83)(H,72,82). The minimum atomic E-state index is -0.740. The number of Topliss-reactive ketones (excluding diaryl/α,β-unsaturated/α-hetero) is 1. The lowest BCUT2D eigenvalue weighted by atomic mass is 9.92. The summed E-state index contributed by atoms with van der Waals surface area (Å²) in [6.07, 6.45) is 25.6. The second kappa shape index (κ2) is 52.6. The van der Waals surface area contributed by atoms with Crippen molar-refractivity contribution in [3.8, 4) is 0 Å². The van der Waals surface area contributed by atoms with E-state index in [1.54, 1.807) is 0 Å². The van der Waals surface area contributed by atoms with E-state index in [0.29, 0.717) is 172 Å². The van der Waals surface area contributed by atoms with E-state index in [1.807, 2.05) is 4.90 Å². The van der Waals surface area contributed by atoms with Crippen LogP contribution in [0.1, 0.15) is 287 Å². The Labute approximate surface area is 524 Å². The van der Waals surface area contributed by atoms with Gasteiger partial charge in [0.05, 0.1) is 50.0 Å². The first kappa shape index (κ1) is 80.9. The molecule has 0 aromatic rings. The number of unbranched alkanes of at least 4 members (excludes halogenated alkanes) is 6. The minimum absolute atomic E-state index is 0.223. The zero-order chi connectivity index (χ0) is 63.7. The number of rotatable bonds is 60. The zero-order valence-electron chi connectivity index (χ0n) is 56.2. The fourth-order valence-corrected chi connectivity index (χ4v) is 11.7. The van der Waals surface area contributed by atoms with Crippen molar-refractivity contribution >= 4 is 29.5 Å². The molecule has 1 aliphatic rings. The van der Waals surface area contributed by atoms with Gasteiger partial charge < -0.3 is 45.3 Å². The molecule has 1 fully saturated rings. The Morgan fingerprint density at radius 1 is 0.419 bits per heavy atom. The lowest BCUT2D eigenvalue weighted by Crippen LogP contribution is -2.61. The number of aliphatic hydroxyl groups is 4. The van der Waals surface area contributed by atoms with Gasteiger partial charge in [0.2, 0.25) is 11.8 Å². The Balaban J connectivity index is 2.83. The Kier molecular flexibility index (Phi) is 49.5. The van der Waals surface area contributed by atoms with E-state index in [1.165, 1.54) is 25.7 Å². The second-order valence-electron chi connectivity index (χ2n) is 25.8. The molecule has 0 spiro atoms. The summed E-state index contributed by atoms with van der Waals surface area (Å²) in [6.45, 7) is 25.4. The smallest absolute Gasteiger partial charge is 0.305 e. The van der Waals surface area contributed by atoms with Gasteiger partial charge in [-0.3, -0.25) is 33.8 Å². The first-order valence-electron chi connectivity index (χ1n) is 35.3. The number of esters is 2. The average Bonchev–Trinajstić information content (AvgIpc) is 3.69. The summed E-state index contributed by atoms with van der Waals surface area (Å²) in [7, 11) is 0. The van der Waals surface area contributed by atoms with Crippen LogP contribution in [-0.4, -0.2) is 155 Å². The van der Waals surface area contributed by atoms with Crippen LogP contribution in [0.25, 0.3) is 0 Å². The van der Waals surface area contributed by atoms with Gasteiger partial charge in [0.15, 0.2) is 0 Å². The number of nitrogens with zero attached hydrogens (tertiary/aromatic N) is 2. The molecule has 0 bridgehead atoms. The number of nitrogens with one attached hydrogen (secondary N) is 2. The molecule has 2 amide bonds. The molecule has 0 aromatic carbocycles. The van der Waals surface area contributed by atoms with Gasteiger partial charge in [-0.25, -0.2) is 0 Å². The van der Waals surface area contributed by atoms with Crippen LogP contribution in [0.2, 0.25) is 0 Å². The number of hydrogen-bond acceptors (Lipinski definition) is 14. The van der Waals surface area contributed by atoms with Crippen molar-refractivity contribution < 1.29 is 58.6 Å². The van der Waals surface area contributed by atoms with Crippen molar-refractivity contribution in [3.63, 3.8) is 0 Å². The van der Waals surface area contributed by atoms with E-state index in [-0.39, 0.29) is 55.5 Å². The molecule has 10 unspecified atom stereocenters. The minimum Gasteiger partial charge on any atom is -0.498 e. The summed E-state index contributed by atoms with van der Waals surface area (Å²) in [5.74, 6) is 1.87. The molecule has 0 saturated carbocycles. The van der Waals surface area contributed by atoms with E-state index in [2.05, 4.69) is 77.5 Å². The van der Waals surface area contributed by atoms with Crippen LogP contribution in [0.5, 0.6) is 0 Å². The van der Waals surface area contributed by atoms with Gasteiger partial charge in [0.25, 0.3) is 0 Å². The SMILES string of the molecule is C=C(CCCC(O)CN(CCCCC1NC(=O)C(CCCCN(CC(O)CCCC(=O)OCC(CC)CCCC)CC(O)CCCC(=O)OCC(CC)CCCC)NC1=O)CC(O)CCCC(=O)CCC(CC)CCCC)OCC(CC)CCCC. The van der Waals surface area contributed by atoms with E-state index >= 15 is 0 Å². The molecule has 0 radical (unpaired) electrons. The van der Waals surface area contributed by atoms with Crippen molar-refractivity contribution in [2.45, 2.75) is 323 Å². The number of ether oxygens (including phenoxy) is 3. The van der Waals surface area contributed by atoms with Crippen LogP contribution in [0.15, 0.2) is 12.3 Å². The second-order valence-corrected chi connectivity index (χ2v) is 25.8. The van der Waals surface area contributed by atoms with Crippen LogP contribution in [0.4, 0.5) is 0 Å². The number of carbonyl (C=O) groups excluding carboxylic acids is 5. The zero-order valence-corrected chi connectivity index (χ0v) is 56.2. The van der Waals surface area contributed by atoms with Crippen LogP contribution in [0.3, 0.4) is 0 Å². The van der Waals surface area contributed by atoms with Crippen molar-refractivity contribution in [1.82, 2.24) is 20.4 Å². The highest BCUT2D eigenvalue weighted by atomic mass is 16.5. The molecule has 0 aliphatic carbocycles. The Morgan fingerprint density at radius 2 is 0.756 bits per heavy atom. The third-order valence-corrected chi connectivity index (χ3v) is 17.9. The summed E-state index contributed by atoms with van der Waals surface area (Å²) in [4.78, 5) is 68.9. The lowest BCUT2D eigenvalue weighted by Gasteiger charge is -2.31. The van der Waals surface area contributed by atoms with Gasteiger partial charge in [-0.2, -0.15) is 0 Å².